The van der Waals surface area contributed by atoms with E-state index in [1.165, 1.54) is 27.5 Å². The van der Waals surface area contributed by atoms with Crippen LogP contribution in [0.4, 0.5) is 17.1 Å². The van der Waals surface area contributed by atoms with Crippen molar-refractivity contribution in [3.05, 3.63) is 175 Å². The summed E-state index contributed by atoms with van der Waals surface area (Å²) in [6.45, 7) is 4.38. The standard InChI is InChI=1S/C44H33N2OP/c1-30-15-14-16-31(2)44(30)32-27-33(45-38-21-8-6-19-36(38)37-20-7-9-22-39(37)45)29-34(28-32)46-40-23-10-12-25-42(40)48(47,35-17-4-3-5-18-35)43-26-13-11-24-41(43)46/h3-29H,1-2H3. The molecule has 7 aromatic carbocycles. The van der Waals surface area contributed by atoms with Gasteiger partial charge in [0.1, 0.15) is 0 Å². The van der Waals surface area contributed by atoms with E-state index in [-0.39, 0.29) is 0 Å². The maximum absolute atomic E-state index is 15.6. The Morgan fingerprint density at radius 3 is 1.58 bits per heavy atom. The zero-order valence-electron chi connectivity index (χ0n) is 26.8. The monoisotopic (exact) mass is 636 g/mol. The van der Waals surface area contributed by atoms with E-state index in [0.717, 1.165) is 55.3 Å². The highest BCUT2D eigenvalue weighted by atomic mass is 31.2. The minimum absolute atomic E-state index is 0.847. The van der Waals surface area contributed by atoms with Crippen molar-refractivity contribution in [3.8, 4) is 16.8 Å². The zero-order chi connectivity index (χ0) is 32.4. The Hall–Kier alpha value is -5.63. The van der Waals surface area contributed by atoms with Crippen molar-refractivity contribution in [1.82, 2.24) is 4.57 Å². The van der Waals surface area contributed by atoms with Crippen LogP contribution >= 0.6 is 7.14 Å². The van der Waals surface area contributed by atoms with Crippen LogP contribution in [-0.4, -0.2) is 4.57 Å². The number of aromatic nitrogens is 1. The maximum Gasteiger partial charge on any atom is 0.175 e. The molecule has 2 heterocycles. The van der Waals surface area contributed by atoms with Crippen LogP contribution in [0.3, 0.4) is 0 Å². The van der Waals surface area contributed by atoms with Gasteiger partial charge in [0, 0.05) is 38.1 Å². The molecule has 1 aliphatic rings. The second kappa shape index (κ2) is 11.0. The predicted octanol–water partition coefficient (Wildman–Crippen LogP) is 10.5. The van der Waals surface area contributed by atoms with E-state index in [9.17, 15) is 0 Å². The lowest BCUT2D eigenvalue weighted by molar-refractivity contribution is 0.592. The molecule has 0 radical (unpaired) electrons. The first-order chi connectivity index (χ1) is 23.5. The predicted molar refractivity (Wildman–Crippen MR) is 203 cm³/mol. The van der Waals surface area contributed by atoms with Gasteiger partial charge in [0.05, 0.1) is 22.4 Å². The molecule has 0 aliphatic carbocycles. The van der Waals surface area contributed by atoms with Crippen LogP contribution in [0.5, 0.6) is 0 Å². The number of aryl methyl sites for hydroxylation is 2. The topological polar surface area (TPSA) is 25.2 Å². The van der Waals surface area contributed by atoms with Crippen LogP contribution in [-0.2, 0) is 4.57 Å². The molecule has 0 fully saturated rings. The first-order valence-corrected chi connectivity index (χ1v) is 18.1. The van der Waals surface area contributed by atoms with Gasteiger partial charge in [-0.05, 0) is 90.7 Å². The summed E-state index contributed by atoms with van der Waals surface area (Å²) in [4.78, 5) is 2.32. The highest BCUT2D eigenvalue weighted by Crippen LogP contribution is 2.54. The number of anilines is 3. The van der Waals surface area contributed by atoms with Gasteiger partial charge >= 0.3 is 0 Å². The highest BCUT2D eigenvalue weighted by molar-refractivity contribution is 7.86. The maximum atomic E-state index is 15.6. The molecule has 0 unspecified atom stereocenters. The number of fused-ring (bicyclic) bond motifs is 5. The number of benzene rings is 7. The number of rotatable bonds is 4. The van der Waals surface area contributed by atoms with Gasteiger partial charge in [-0.1, -0.05) is 109 Å². The molecule has 3 nitrogen and oxygen atoms in total. The van der Waals surface area contributed by atoms with Crippen molar-refractivity contribution in [2.24, 2.45) is 0 Å². The van der Waals surface area contributed by atoms with Crippen LogP contribution in [0.25, 0.3) is 38.6 Å². The molecule has 9 rings (SSSR count). The molecule has 0 bridgehead atoms. The van der Waals surface area contributed by atoms with E-state index in [2.05, 4.69) is 145 Å². The van der Waals surface area contributed by atoms with Gasteiger partial charge in [0.2, 0.25) is 0 Å². The molecule has 0 saturated carbocycles. The van der Waals surface area contributed by atoms with Crippen molar-refractivity contribution in [2.45, 2.75) is 13.8 Å². The number of nitrogens with zero attached hydrogens (tertiary/aromatic N) is 2. The quantitative estimate of drug-likeness (QED) is 0.180. The lowest BCUT2D eigenvalue weighted by Crippen LogP contribution is -2.36. The van der Waals surface area contributed by atoms with Crippen molar-refractivity contribution in [1.29, 1.82) is 0 Å². The summed E-state index contributed by atoms with van der Waals surface area (Å²) < 4.78 is 17.9. The smallest absolute Gasteiger partial charge is 0.175 e. The number of hydrogen-bond donors (Lipinski definition) is 0. The molecule has 230 valence electrons. The summed E-state index contributed by atoms with van der Waals surface area (Å²) in [5.41, 5.74) is 11.1. The summed E-state index contributed by atoms with van der Waals surface area (Å²) in [6, 6.07) is 57.2. The molecule has 8 aromatic rings. The van der Waals surface area contributed by atoms with Gasteiger partial charge in [0.25, 0.3) is 0 Å². The van der Waals surface area contributed by atoms with Crippen LogP contribution < -0.4 is 20.8 Å². The Morgan fingerprint density at radius 1 is 0.479 bits per heavy atom. The Balaban J connectivity index is 1.38. The molecule has 0 spiro atoms. The van der Waals surface area contributed by atoms with Crippen LogP contribution in [0, 0.1) is 13.8 Å². The molecule has 1 aromatic heterocycles. The lowest BCUT2D eigenvalue weighted by Gasteiger charge is -2.38. The molecule has 0 atom stereocenters. The number of hydrogen-bond acceptors (Lipinski definition) is 2. The van der Waals surface area contributed by atoms with E-state index in [4.69, 9.17) is 0 Å². The van der Waals surface area contributed by atoms with Gasteiger partial charge in [0.15, 0.2) is 7.14 Å². The normalized spacial score (nSPS) is 13.4. The average molecular weight is 637 g/mol. The molecular weight excluding hydrogens is 603 g/mol. The van der Waals surface area contributed by atoms with Crippen molar-refractivity contribution >= 4 is 61.9 Å². The highest BCUT2D eigenvalue weighted by Gasteiger charge is 2.41. The van der Waals surface area contributed by atoms with Gasteiger partial charge in [-0.2, -0.15) is 0 Å². The Kier molecular flexibility index (Phi) is 6.54. The SMILES string of the molecule is Cc1cccc(C)c1-c1cc(N2c3ccccc3P(=O)(c3ccccc3)c3ccccc32)cc(-n2c3ccccc3c3ccccc32)c1. The molecule has 48 heavy (non-hydrogen) atoms. The van der Waals surface area contributed by atoms with Crippen molar-refractivity contribution in [2.75, 3.05) is 4.90 Å². The second-order valence-electron chi connectivity index (χ2n) is 12.6. The van der Waals surface area contributed by atoms with Gasteiger partial charge in [-0.15, -0.1) is 0 Å². The minimum atomic E-state index is -3.16. The van der Waals surface area contributed by atoms with E-state index in [1.54, 1.807) is 0 Å². The van der Waals surface area contributed by atoms with E-state index >= 15 is 4.57 Å². The summed E-state index contributed by atoms with van der Waals surface area (Å²) in [5.74, 6) is 0. The molecule has 1 aliphatic heterocycles. The minimum Gasteiger partial charge on any atom is -0.309 e. The third-order valence-corrected chi connectivity index (χ3v) is 13.0. The Bertz CT molecular complexity index is 2460. The summed E-state index contributed by atoms with van der Waals surface area (Å²) in [5, 5.41) is 5.01. The van der Waals surface area contributed by atoms with E-state index in [1.807, 2.05) is 42.5 Å². The third-order valence-electron chi connectivity index (χ3n) is 9.81. The molecular formula is C44H33N2OP. The van der Waals surface area contributed by atoms with Gasteiger partial charge in [-0.25, -0.2) is 0 Å². The largest absolute Gasteiger partial charge is 0.309 e. The first kappa shape index (κ1) is 28.6. The fourth-order valence-corrected chi connectivity index (χ4v) is 10.8. The molecule has 0 saturated heterocycles. The lowest BCUT2D eigenvalue weighted by atomic mass is 9.94. The Labute approximate surface area is 280 Å². The number of para-hydroxylation sites is 4. The van der Waals surface area contributed by atoms with Crippen LogP contribution in [0.2, 0.25) is 0 Å². The second-order valence-corrected chi connectivity index (χ2v) is 15.3. The van der Waals surface area contributed by atoms with Crippen molar-refractivity contribution < 1.29 is 4.57 Å². The summed E-state index contributed by atoms with van der Waals surface area (Å²) >= 11 is 0. The van der Waals surface area contributed by atoms with Gasteiger partial charge < -0.3 is 14.0 Å². The van der Waals surface area contributed by atoms with E-state index in [0.29, 0.717) is 0 Å². The van der Waals surface area contributed by atoms with Gasteiger partial charge in [-0.3, -0.25) is 0 Å². The summed E-state index contributed by atoms with van der Waals surface area (Å²) in [6.07, 6.45) is 0. The molecule has 0 N–H and O–H groups in total. The first-order valence-electron chi connectivity index (χ1n) is 16.4. The Morgan fingerprint density at radius 2 is 0.979 bits per heavy atom. The zero-order valence-corrected chi connectivity index (χ0v) is 27.7. The molecule has 0 amide bonds. The summed E-state index contributed by atoms with van der Waals surface area (Å²) in [7, 11) is -3.16. The van der Waals surface area contributed by atoms with Crippen molar-refractivity contribution in [3.63, 3.8) is 0 Å². The fourth-order valence-electron chi connectivity index (χ4n) is 7.76. The van der Waals surface area contributed by atoms with E-state index < -0.39 is 7.14 Å². The molecule has 4 heteroatoms. The average Bonchev–Trinajstić information content (AvgIpc) is 3.47. The third kappa shape index (κ3) is 4.18. The van der Waals surface area contributed by atoms with Crippen LogP contribution in [0.15, 0.2) is 164 Å². The fraction of sp³-hybridized carbons (Fsp3) is 0.0455. The van der Waals surface area contributed by atoms with Crippen LogP contribution in [0.1, 0.15) is 11.1 Å².